The molecule has 1 atom stereocenters. The van der Waals surface area contributed by atoms with Gasteiger partial charge in [0.1, 0.15) is 23.3 Å². The molecule has 2 heterocycles. The van der Waals surface area contributed by atoms with Crippen LogP contribution in [0.4, 0.5) is 5.69 Å². The van der Waals surface area contributed by atoms with Gasteiger partial charge in [-0.2, -0.15) is 0 Å². The predicted octanol–water partition coefficient (Wildman–Crippen LogP) is 4.12. The Morgan fingerprint density at radius 2 is 1.50 bits per heavy atom. The van der Waals surface area contributed by atoms with E-state index in [-0.39, 0.29) is 6.04 Å². The number of rotatable bonds is 8. The molecule has 0 N–H and O–H groups in total. The maximum Gasteiger partial charge on any atom is 0.173 e. The Hall–Kier alpha value is -3.33. The van der Waals surface area contributed by atoms with Crippen molar-refractivity contribution in [2.75, 3.05) is 52.4 Å². The molecule has 9 nitrogen and oxygen atoms in total. The molecule has 1 aromatic heterocycles. The Balaban J connectivity index is 1.45. The summed E-state index contributed by atoms with van der Waals surface area (Å²) in [7, 11) is 5.08. The van der Waals surface area contributed by atoms with Crippen LogP contribution in [0.2, 0.25) is 0 Å². The van der Waals surface area contributed by atoms with Gasteiger partial charge in [0.2, 0.25) is 0 Å². The largest absolute Gasteiger partial charge is 0.497 e. The van der Waals surface area contributed by atoms with Gasteiger partial charge in [-0.15, -0.1) is 5.10 Å². The molecule has 1 saturated heterocycles. The summed E-state index contributed by atoms with van der Waals surface area (Å²) in [5.41, 5.74) is 2.27. The van der Waals surface area contributed by atoms with Gasteiger partial charge in [-0.1, -0.05) is 19.3 Å². The molecule has 192 valence electrons. The third kappa shape index (κ3) is 4.97. The second-order valence-corrected chi connectivity index (χ2v) is 9.50. The molecule has 0 bridgehead atoms. The van der Waals surface area contributed by atoms with E-state index >= 15 is 0 Å². The van der Waals surface area contributed by atoms with Crippen molar-refractivity contribution in [2.45, 2.75) is 44.2 Å². The summed E-state index contributed by atoms with van der Waals surface area (Å²) in [6.45, 7) is 3.57. The van der Waals surface area contributed by atoms with Crippen LogP contribution in [0, 0.1) is 0 Å². The van der Waals surface area contributed by atoms with Gasteiger partial charge in [-0.25, -0.2) is 4.68 Å². The predicted molar refractivity (Wildman–Crippen MR) is 138 cm³/mol. The molecule has 0 amide bonds. The summed E-state index contributed by atoms with van der Waals surface area (Å²) < 4.78 is 18.7. The lowest BCUT2D eigenvalue weighted by Crippen LogP contribution is -2.48. The van der Waals surface area contributed by atoms with E-state index in [1.807, 2.05) is 24.3 Å². The average molecular weight is 493 g/mol. The smallest absolute Gasteiger partial charge is 0.173 e. The van der Waals surface area contributed by atoms with Crippen molar-refractivity contribution >= 4 is 5.69 Å². The maximum atomic E-state index is 5.85. The van der Waals surface area contributed by atoms with Crippen LogP contribution < -0.4 is 19.1 Å². The molecule has 5 rings (SSSR count). The number of piperazine rings is 1. The molecule has 2 aromatic carbocycles. The number of tetrazole rings is 1. The van der Waals surface area contributed by atoms with Crippen LogP contribution in [-0.2, 0) is 0 Å². The molecule has 0 radical (unpaired) electrons. The third-order valence-electron chi connectivity index (χ3n) is 7.54. The molecule has 36 heavy (non-hydrogen) atoms. The zero-order chi connectivity index (χ0) is 24.9. The van der Waals surface area contributed by atoms with Crippen molar-refractivity contribution in [3.05, 3.63) is 53.9 Å². The van der Waals surface area contributed by atoms with Gasteiger partial charge < -0.3 is 19.1 Å². The number of benzene rings is 2. The standard InChI is InChI=1S/C27H36N6O3/c1-34-22-11-9-20(10-12-22)31-15-17-32(18-16-31)26(24-14-13-23(35-2)19-25(24)36-3)27-28-29-30-33(27)21-7-5-4-6-8-21/h9-14,19,21,26H,4-8,15-18H2,1-3H3. The first kappa shape index (κ1) is 24.4. The molecule has 1 unspecified atom stereocenters. The van der Waals surface area contributed by atoms with Crippen molar-refractivity contribution in [3.63, 3.8) is 0 Å². The highest BCUT2D eigenvalue weighted by molar-refractivity contribution is 5.50. The van der Waals surface area contributed by atoms with Crippen molar-refractivity contribution in [3.8, 4) is 17.2 Å². The van der Waals surface area contributed by atoms with Gasteiger partial charge in [0.05, 0.1) is 27.4 Å². The van der Waals surface area contributed by atoms with Crippen molar-refractivity contribution in [1.29, 1.82) is 0 Å². The van der Waals surface area contributed by atoms with Crippen LogP contribution in [0.25, 0.3) is 0 Å². The van der Waals surface area contributed by atoms with Gasteiger partial charge in [0.25, 0.3) is 0 Å². The van der Waals surface area contributed by atoms with Crippen LogP contribution in [0.15, 0.2) is 42.5 Å². The third-order valence-corrected chi connectivity index (χ3v) is 7.54. The molecule has 2 aliphatic rings. The summed E-state index contributed by atoms with van der Waals surface area (Å²) in [5.74, 6) is 3.32. The fourth-order valence-electron chi connectivity index (χ4n) is 5.54. The van der Waals surface area contributed by atoms with Crippen LogP contribution >= 0.6 is 0 Å². The molecule has 9 heteroatoms. The van der Waals surface area contributed by atoms with Gasteiger partial charge in [0, 0.05) is 43.5 Å². The first-order chi connectivity index (χ1) is 17.7. The number of aromatic nitrogens is 4. The van der Waals surface area contributed by atoms with E-state index in [1.165, 1.54) is 24.9 Å². The van der Waals surface area contributed by atoms with Gasteiger partial charge in [-0.05, 0) is 59.7 Å². The summed E-state index contributed by atoms with van der Waals surface area (Å²) in [5, 5.41) is 13.2. The summed E-state index contributed by atoms with van der Waals surface area (Å²) >= 11 is 0. The van der Waals surface area contributed by atoms with Crippen molar-refractivity contribution in [1.82, 2.24) is 25.1 Å². The van der Waals surface area contributed by atoms with E-state index in [4.69, 9.17) is 14.2 Å². The second kappa shape index (κ2) is 11.2. The topological polar surface area (TPSA) is 77.8 Å². The van der Waals surface area contributed by atoms with E-state index in [9.17, 15) is 0 Å². The van der Waals surface area contributed by atoms with E-state index in [0.717, 1.165) is 67.7 Å². The zero-order valence-corrected chi connectivity index (χ0v) is 21.5. The fourth-order valence-corrected chi connectivity index (χ4v) is 5.54. The minimum absolute atomic E-state index is 0.110. The lowest BCUT2D eigenvalue weighted by molar-refractivity contribution is 0.190. The minimum atomic E-state index is -0.110. The molecular formula is C27H36N6O3. The van der Waals surface area contributed by atoms with Crippen LogP contribution in [0.5, 0.6) is 17.2 Å². The van der Waals surface area contributed by atoms with E-state index in [0.29, 0.717) is 6.04 Å². The summed E-state index contributed by atoms with van der Waals surface area (Å²) in [4.78, 5) is 4.90. The first-order valence-corrected chi connectivity index (χ1v) is 12.8. The minimum Gasteiger partial charge on any atom is -0.497 e. The SMILES string of the molecule is COc1ccc(N2CCN(C(c3ccc(OC)cc3OC)c3nnnn3C3CCCCC3)CC2)cc1. The average Bonchev–Trinajstić information content (AvgIpc) is 3.44. The first-order valence-electron chi connectivity index (χ1n) is 12.8. The number of methoxy groups -OCH3 is 3. The van der Waals surface area contributed by atoms with Gasteiger partial charge >= 0.3 is 0 Å². The lowest BCUT2D eigenvalue weighted by atomic mass is 9.94. The Kier molecular flexibility index (Phi) is 7.55. The Bertz CT molecular complexity index is 1120. The molecule has 1 aliphatic heterocycles. The molecule has 1 aliphatic carbocycles. The Morgan fingerprint density at radius 3 is 2.17 bits per heavy atom. The van der Waals surface area contributed by atoms with Crippen LogP contribution in [-0.4, -0.2) is 72.6 Å². The molecule has 3 aromatic rings. The van der Waals surface area contributed by atoms with Gasteiger partial charge in [0.15, 0.2) is 5.82 Å². The molecule has 1 saturated carbocycles. The Morgan fingerprint density at radius 1 is 0.806 bits per heavy atom. The number of hydrogen-bond donors (Lipinski definition) is 0. The molecule has 0 spiro atoms. The number of ether oxygens (including phenoxy) is 3. The highest BCUT2D eigenvalue weighted by atomic mass is 16.5. The maximum absolute atomic E-state index is 5.85. The zero-order valence-electron chi connectivity index (χ0n) is 21.5. The molecular weight excluding hydrogens is 456 g/mol. The Labute approximate surface area is 212 Å². The van der Waals surface area contributed by atoms with Crippen LogP contribution in [0.1, 0.15) is 55.6 Å². The highest BCUT2D eigenvalue weighted by Gasteiger charge is 2.34. The number of hydrogen-bond acceptors (Lipinski definition) is 8. The van der Waals surface area contributed by atoms with Crippen LogP contribution in [0.3, 0.4) is 0 Å². The highest BCUT2D eigenvalue weighted by Crippen LogP contribution is 2.39. The monoisotopic (exact) mass is 492 g/mol. The van der Waals surface area contributed by atoms with E-state index < -0.39 is 0 Å². The summed E-state index contributed by atoms with van der Waals surface area (Å²) in [6, 6.07) is 14.6. The quantitative estimate of drug-likeness (QED) is 0.465. The normalized spacial score (nSPS) is 18.1. The van der Waals surface area contributed by atoms with E-state index in [1.54, 1.807) is 21.3 Å². The van der Waals surface area contributed by atoms with Crippen molar-refractivity contribution in [2.24, 2.45) is 0 Å². The number of anilines is 1. The number of nitrogens with zero attached hydrogens (tertiary/aromatic N) is 6. The lowest BCUT2D eigenvalue weighted by Gasteiger charge is -2.40. The van der Waals surface area contributed by atoms with E-state index in [2.05, 4.69) is 48.2 Å². The summed E-state index contributed by atoms with van der Waals surface area (Å²) in [6.07, 6.45) is 5.98. The molecule has 2 fully saturated rings. The van der Waals surface area contributed by atoms with Crippen molar-refractivity contribution < 1.29 is 14.2 Å². The fraction of sp³-hybridized carbons (Fsp3) is 0.519. The second-order valence-electron chi connectivity index (χ2n) is 9.50. The van der Waals surface area contributed by atoms with Gasteiger partial charge in [-0.3, -0.25) is 4.90 Å².